The third kappa shape index (κ3) is 3.33. The highest BCUT2D eigenvalue weighted by Gasteiger charge is 2.10. The number of furan rings is 1. The Hall–Kier alpha value is -3.40. The molecule has 0 aliphatic carbocycles. The Morgan fingerprint density at radius 1 is 1.25 bits per heavy atom. The molecule has 24 heavy (non-hydrogen) atoms. The first kappa shape index (κ1) is 15.5. The zero-order valence-corrected chi connectivity index (χ0v) is 12.8. The number of hydrogen-bond donors (Lipinski definition) is 1. The molecular formula is C17H13FN4O2. The number of benzene rings is 1. The van der Waals surface area contributed by atoms with Crippen molar-refractivity contribution < 1.29 is 13.2 Å². The number of nitrogens with one attached hydrogen (secondary N) is 1. The van der Waals surface area contributed by atoms with E-state index in [1.807, 2.05) is 13.0 Å². The van der Waals surface area contributed by atoms with Crippen LogP contribution in [0.5, 0.6) is 0 Å². The Morgan fingerprint density at radius 3 is 2.75 bits per heavy atom. The Bertz CT molecular complexity index is 904. The number of nitrogens with zero attached hydrogens (tertiary/aromatic N) is 3. The highest BCUT2D eigenvalue weighted by molar-refractivity contribution is 5.78. The van der Waals surface area contributed by atoms with E-state index in [-0.39, 0.29) is 17.4 Å². The van der Waals surface area contributed by atoms with E-state index in [2.05, 4.69) is 15.5 Å². The number of anilines is 1. The molecule has 1 aromatic carbocycles. The van der Waals surface area contributed by atoms with E-state index in [4.69, 9.17) is 14.1 Å². The van der Waals surface area contributed by atoms with Crippen LogP contribution in [-0.4, -0.2) is 11.2 Å². The molecule has 0 spiro atoms. The molecule has 120 valence electrons. The van der Waals surface area contributed by atoms with Crippen molar-refractivity contribution in [3.05, 3.63) is 59.6 Å². The number of aromatic nitrogens is 1. The van der Waals surface area contributed by atoms with Crippen molar-refractivity contribution in [3.63, 3.8) is 0 Å². The number of hydrazone groups is 1. The predicted molar refractivity (Wildman–Crippen MR) is 85.9 cm³/mol. The molecule has 0 fully saturated rings. The van der Waals surface area contributed by atoms with E-state index < -0.39 is 0 Å². The van der Waals surface area contributed by atoms with Gasteiger partial charge in [0.2, 0.25) is 5.69 Å². The molecule has 0 aliphatic rings. The first-order valence-electron chi connectivity index (χ1n) is 7.24. The number of oxazole rings is 1. The van der Waals surface area contributed by atoms with E-state index in [0.717, 1.165) is 5.56 Å². The van der Waals surface area contributed by atoms with Gasteiger partial charge in [0.05, 0.1) is 6.21 Å². The Kier molecular flexibility index (Phi) is 4.38. The lowest BCUT2D eigenvalue weighted by Gasteiger charge is -1.96. The van der Waals surface area contributed by atoms with E-state index in [1.54, 1.807) is 24.3 Å². The molecule has 6 nitrogen and oxygen atoms in total. The average molecular weight is 324 g/mol. The Morgan fingerprint density at radius 2 is 2.04 bits per heavy atom. The number of nitriles is 1. The van der Waals surface area contributed by atoms with E-state index >= 15 is 0 Å². The van der Waals surface area contributed by atoms with E-state index in [9.17, 15) is 4.39 Å². The zero-order chi connectivity index (χ0) is 16.9. The molecule has 0 unspecified atom stereocenters. The van der Waals surface area contributed by atoms with Crippen LogP contribution in [0, 0.1) is 17.1 Å². The topological polar surface area (TPSA) is 87.4 Å². The van der Waals surface area contributed by atoms with Gasteiger partial charge in [0, 0.05) is 12.0 Å². The van der Waals surface area contributed by atoms with Gasteiger partial charge in [-0.1, -0.05) is 6.92 Å². The first-order chi connectivity index (χ1) is 11.7. The molecule has 2 heterocycles. The summed E-state index contributed by atoms with van der Waals surface area (Å²) in [6.07, 6.45) is 2.03. The maximum atomic E-state index is 12.9. The lowest BCUT2D eigenvalue weighted by Crippen LogP contribution is -1.90. The van der Waals surface area contributed by atoms with Gasteiger partial charge in [-0.05, 0) is 36.4 Å². The molecule has 1 N–H and O–H groups in total. The summed E-state index contributed by atoms with van der Waals surface area (Å²) in [6.45, 7) is 1.87. The van der Waals surface area contributed by atoms with Gasteiger partial charge in [-0.15, -0.1) is 0 Å². The highest BCUT2D eigenvalue weighted by atomic mass is 19.1. The number of halogens is 1. The van der Waals surface area contributed by atoms with Crippen LogP contribution in [0.15, 0.2) is 50.3 Å². The van der Waals surface area contributed by atoms with Gasteiger partial charge in [-0.25, -0.2) is 14.8 Å². The van der Waals surface area contributed by atoms with Crippen LogP contribution < -0.4 is 5.43 Å². The second-order valence-corrected chi connectivity index (χ2v) is 4.83. The first-order valence-corrected chi connectivity index (χ1v) is 7.24. The summed E-state index contributed by atoms with van der Waals surface area (Å²) in [6, 6.07) is 11.4. The lowest BCUT2D eigenvalue weighted by atomic mass is 10.2. The van der Waals surface area contributed by atoms with Crippen molar-refractivity contribution in [2.24, 2.45) is 5.10 Å². The average Bonchev–Trinajstić information content (AvgIpc) is 3.22. The molecule has 0 atom stereocenters. The van der Waals surface area contributed by atoms with Crippen LogP contribution in [0.1, 0.15) is 24.3 Å². The van der Waals surface area contributed by atoms with Crippen LogP contribution >= 0.6 is 0 Å². The van der Waals surface area contributed by atoms with Crippen molar-refractivity contribution >= 4 is 12.1 Å². The molecule has 0 saturated carbocycles. The van der Waals surface area contributed by atoms with Gasteiger partial charge < -0.3 is 8.83 Å². The van der Waals surface area contributed by atoms with Gasteiger partial charge in [-0.2, -0.15) is 10.4 Å². The Balaban J connectivity index is 1.71. The smallest absolute Gasteiger partial charge is 0.252 e. The minimum atomic E-state index is -0.303. The SMILES string of the molecule is CCc1nc(C#N)c(N/N=C/c2ccc(-c3ccc(F)cc3)o2)o1. The maximum absolute atomic E-state index is 12.9. The molecule has 3 rings (SSSR count). The van der Waals surface area contributed by atoms with Crippen LogP contribution in [0.3, 0.4) is 0 Å². The van der Waals surface area contributed by atoms with Crippen molar-refractivity contribution in [2.75, 3.05) is 5.43 Å². The third-order valence-corrected chi connectivity index (χ3v) is 3.19. The molecular weight excluding hydrogens is 311 g/mol. The normalized spacial score (nSPS) is 10.9. The van der Waals surface area contributed by atoms with Gasteiger partial charge in [0.25, 0.3) is 5.88 Å². The second kappa shape index (κ2) is 6.79. The minimum Gasteiger partial charge on any atom is -0.455 e. The van der Waals surface area contributed by atoms with Crippen LogP contribution in [0.25, 0.3) is 11.3 Å². The maximum Gasteiger partial charge on any atom is 0.252 e. The summed E-state index contributed by atoms with van der Waals surface area (Å²) in [5.74, 6) is 1.44. The summed E-state index contributed by atoms with van der Waals surface area (Å²) < 4.78 is 23.9. The van der Waals surface area contributed by atoms with Crippen LogP contribution in [0.2, 0.25) is 0 Å². The molecule has 0 bridgehead atoms. The van der Waals surface area contributed by atoms with Crippen LogP contribution in [0.4, 0.5) is 10.3 Å². The summed E-state index contributed by atoms with van der Waals surface area (Å²) in [4.78, 5) is 4.01. The Labute approximate surface area is 137 Å². The number of hydrogen-bond acceptors (Lipinski definition) is 6. The molecule has 7 heteroatoms. The monoisotopic (exact) mass is 324 g/mol. The number of rotatable bonds is 5. The van der Waals surface area contributed by atoms with Gasteiger partial charge in [0.1, 0.15) is 23.4 Å². The summed E-state index contributed by atoms with van der Waals surface area (Å²) in [7, 11) is 0. The predicted octanol–water partition coefficient (Wildman–Crippen LogP) is 3.95. The summed E-state index contributed by atoms with van der Waals surface area (Å²) >= 11 is 0. The van der Waals surface area contributed by atoms with E-state index in [1.165, 1.54) is 18.3 Å². The van der Waals surface area contributed by atoms with E-state index in [0.29, 0.717) is 23.8 Å². The van der Waals surface area contributed by atoms with Crippen molar-refractivity contribution in [1.82, 2.24) is 4.98 Å². The third-order valence-electron chi connectivity index (χ3n) is 3.19. The van der Waals surface area contributed by atoms with Crippen molar-refractivity contribution in [2.45, 2.75) is 13.3 Å². The largest absolute Gasteiger partial charge is 0.455 e. The summed E-state index contributed by atoms with van der Waals surface area (Å²) in [5.41, 5.74) is 3.54. The standard InChI is InChI=1S/C17H13FN4O2/c1-2-16-21-14(9-19)17(24-16)22-20-10-13-7-8-15(23-13)11-3-5-12(18)6-4-11/h3-8,10,22H,2H2,1H3/b20-10+. The fraction of sp³-hybridized carbons (Fsp3) is 0.118. The molecule has 2 aromatic heterocycles. The molecule has 0 saturated heterocycles. The highest BCUT2D eigenvalue weighted by Crippen LogP contribution is 2.22. The van der Waals surface area contributed by atoms with Gasteiger partial charge >= 0.3 is 0 Å². The fourth-order valence-corrected chi connectivity index (χ4v) is 2.01. The molecule has 0 aliphatic heterocycles. The summed E-state index contributed by atoms with van der Waals surface area (Å²) in [5, 5.41) is 13.0. The van der Waals surface area contributed by atoms with Crippen LogP contribution in [-0.2, 0) is 6.42 Å². The molecule has 0 radical (unpaired) electrons. The van der Waals surface area contributed by atoms with Crippen molar-refractivity contribution in [3.8, 4) is 17.4 Å². The number of aryl methyl sites for hydroxylation is 1. The molecule has 0 amide bonds. The van der Waals surface area contributed by atoms with Gasteiger partial charge in [0.15, 0.2) is 5.89 Å². The second-order valence-electron chi connectivity index (χ2n) is 4.83. The molecule has 3 aromatic rings. The van der Waals surface area contributed by atoms with Gasteiger partial charge in [-0.3, -0.25) is 0 Å². The van der Waals surface area contributed by atoms with Crippen molar-refractivity contribution in [1.29, 1.82) is 5.26 Å². The zero-order valence-electron chi connectivity index (χ0n) is 12.8. The minimum absolute atomic E-state index is 0.149. The lowest BCUT2D eigenvalue weighted by molar-refractivity contribution is 0.513. The quantitative estimate of drug-likeness (QED) is 0.567. The fourth-order valence-electron chi connectivity index (χ4n) is 2.01.